The Labute approximate surface area is 153 Å². The van der Waals surface area contributed by atoms with Crippen molar-refractivity contribution in [3.05, 3.63) is 41.4 Å². The maximum absolute atomic E-state index is 12.4. The fourth-order valence-corrected chi connectivity index (χ4v) is 2.68. The van der Waals surface area contributed by atoms with Crippen LogP contribution in [0, 0.1) is 0 Å². The van der Waals surface area contributed by atoms with E-state index in [1.165, 1.54) is 4.85 Å². The summed E-state index contributed by atoms with van der Waals surface area (Å²) in [6.07, 6.45) is -0.813. The van der Waals surface area contributed by atoms with Crippen molar-refractivity contribution in [3.63, 3.8) is 0 Å². The zero-order chi connectivity index (χ0) is 18.1. The lowest BCUT2D eigenvalue weighted by Gasteiger charge is -2.19. The van der Waals surface area contributed by atoms with Gasteiger partial charge in [0.1, 0.15) is 24.2 Å². The first kappa shape index (κ1) is 16.5. The van der Waals surface area contributed by atoms with Crippen LogP contribution in [0.1, 0.15) is 6.92 Å². The number of fused-ring (bicyclic) bond motifs is 2. The van der Waals surface area contributed by atoms with Crippen molar-refractivity contribution in [2.24, 2.45) is 0 Å². The standard InChI is InChI=1S/C17H15ClN4O4/c1-10(26-22-14-8-11(18)2-4-13(14)20-21-22)17(23)19-12-3-5-15-16(9-12)25-7-6-24-15/h2-5,8-10H,6-7H2,1H3,(H,19,23)/t10-/m1/s1. The Balaban J connectivity index is 1.46. The van der Waals surface area contributed by atoms with E-state index in [2.05, 4.69) is 15.6 Å². The van der Waals surface area contributed by atoms with E-state index in [1.807, 2.05) is 0 Å². The van der Waals surface area contributed by atoms with Gasteiger partial charge in [-0.15, -0.1) is 5.10 Å². The summed E-state index contributed by atoms with van der Waals surface area (Å²) in [5.74, 6) is 0.913. The highest BCUT2D eigenvalue weighted by atomic mass is 35.5. The van der Waals surface area contributed by atoms with Crippen LogP contribution in [0.4, 0.5) is 5.69 Å². The molecule has 0 fully saturated rings. The van der Waals surface area contributed by atoms with Gasteiger partial charge in [-0.05, 0) is 42.5 Å². The van der Waals surface area contributed by atoms with Gasteiger partial charge in [0.25, 0.3) is 5.91 Å². The van der Waals surface area contributed by atoms with E-state index in [0.717, 1.165) is 0 Å². The van der Waals surface area contributed by atoms with Crippen LogP contribution in [-0.4, -0.2) is 40.4 Å². The lowest BCUT2D eigenvalue weighted by molar-refractivity contribution is -0.127. The van der Waals surface area contributed by atoms with Gasteiger partial charge in [0.05, 0.1) is 0 Å². The number of halogens is 1. The molecule has 0 saturated heterocycles. The number of aromatic nitrogens is 3. The Hall–Kier alpha value is -3.00. The van der Waals surface area contributed by atoms with Crippen molar-refractivity contribution in [2.45, 2.75) is 13.0 Å². The summed E-state index contributed by atoms with van der Waals surface area (Å²) in [6.45, 7) is 2.61. The summed E-state index contributed by atoms with van der Waals surface area (Å²) in [7, 11) is 0. The fraction of sp³-hybridized carbons (Fsp3) is 0.235. The number of carbonyl (C=O) groups excluding carboxylic acids is 1. The Bertz CT molecular complexity index is 975. The lowest BCUT2D eigenvalue weighted by atomic mass is 10.2. The summed E-state index contributed by atoms with van der Waals surface area (Å²) >= 11 is 5.99. The average Bonchev–Trinajstić information content (AvgIpc) is 3.03. The molecule has 0 saturated carbocycles. The number of anilines is 1. The maximum atomic E-state index is 12.4. The Morgan fingerprint density at radius 1 is 1.23 bits per heavy atom. The van der Waals surface area contributed by atoms with Gasteiger partial charge in [-0.1, -0.05) is 16.4 Å². The average molecular weight is 375 g/mol. The Morgan fingerprint density at radius 2 is 2.04 bits per heavy atom. The number of ether oxygens (including phenoxy) is 2. The van der Waals surface area contributed by atoms with E-state index >= 15 is 0 Å². The molecule has 8 nitrogen and oxygen atoms in total. The van der Waals surface area contributed by atoms with E-state index < -0.39 is 6.10 Å². The third kappa shape index (κ3) is 3.23. The van der Waals surface area contributed by atoms with Crippen LogP contribution in [-0.2, 0) is 4.79 Å². The van der Waals surface area contributed by atoms with Crippen LogP contribution in [0.25, 0.3) is 11.0 Å². The molecule has 1 atom stereocenters. The fourth-order valence-electron chi connectivity index (χ4n) is 2.51. The number of nitrogens with zero attached hydrogens (tertiary/aromatic N) is 3. The van der Waals surface area contributed by atoms with Crippen molar-refractivity contribution >= 4 is 34.2 Å². The molecule has 26 heavy (non-hydrogen) atoms. The second-order valence-corrected chi connectivity index (χ2v) is 6.13. The molecule has 4 rings (SSSR count). The Kier molecular flexibility index (Phi) is 4.26. The van der Waals surface area contributed by atoms with Gasteiger partial charge in [0, 0.05) is 16.8 Å². The van der Waals surface area contributed by atoms with E-state index in [9.17, 15) is 4.79 Å². The van der Waals surface area contributed by atoms with Crippen molar-refractivity contribution < 1.29 is 19.1 Å². The zero-order valence-electron chi connectivity index (χ0n) is 13.8. The molecular weight excluding hydrogens is 360 g/mol. The number of hydrogen-bond donors (Lipinski definition) is 1. The molecule has 2 heterocycles. The number of rotatable bonds is 4. The monoisotopic (exact) mass is 374 g/mol. The molecule has 2 aromatic carbocycles. The largest absolute Gasteiger partial charge is 0.486 e. The minimum atomic E-state index is -0.813. The smallest absolute Gasteiger partial charge is 0.267 e. The molecule has 0 bridgehead atoms. The summed E-state index contributed by atoms with van der Waals surface area (Å²) in [6, 6.07) is 10.3. The zero-order valence-corrected chi connectivity index (χ0v) is 14.6. The molecule has 1 N–H and O–H groups in total. The van der Waals surface area contributed by atoms with Crippen molar-refractivity contribution in [1.82, 2.24) is 15.2 Å². The summed E-state index contributed by atoms with van der Waals surface area (Å²) in [5.41, 5.74) is 1.78. The minimum absolute atomic E-state index is 0.340. The van der Waals surface area contributed by atoms with Gasteiger partial charge in [0.15, 0.2) is 11.5 Å². The quantitative estimate of drug-likeness (QED) is 0.754. The van der Waals surface area contributed by atoms with Crippen LogP contribution in [0.2, 0.25) is 5.02 Å². The van der Waals surface area contributed by atoms with Crippen LogP contribution in [0.15, 0.2) is 36.4 Å². The Morgan fingerprint density at radius 3 is 2.88 bits per heavy atom. The van der Waals surface area contributed by atoms with Gasteiger partial charge >= 0.3 is 0 Å². The number of benzene rings is 2. The van der Waals surface area contributed by atoms with Gasteiger partial charge < -0.3 is 19.6 Å². The first-order valence-corrected chi connectivity index (χ1v) is 8.36. The van der Waals surface area contributed by atoms with Crippen LogP contribution < -0.4 is 19.6 Å². The highest BCUT2D eigenvalue weighted by Gasteiger charge is 2.19. The summed E-state index contributed by atoms with van der Waals surface area (Å²) in [4.78, 5) is 19.2. The van der Waals surface area contributed by atoms with Crippen LogP contribution >= 0.6 is 11.6 Å². The van der Waals surface area contributed by atoms with Gasteiger partial charge in [-0.3, -0.25) is 4.79 Å². The second kappa shape index (κ2) is 6.72. The van der Waals surface area contributed by atoms with Gasteiger partial charge in [0.2, 0.25) is 6.10 Å². The molecule has 0 radical (unpaired) electrons. The predicted molar refractivity (Wildman–Crippen MR) is 94.6 cm³/mol. The molecule has 0 spiro atoms. The molecule has 0 aliphatic carbocycles. The topological polar surface area (TPSA) is 87.5 Å². The molecule has 9 heteroatoms. The van der Waals surface area contributed by atoms with E-state index in [0.29, 0.717) is 46.5 Å². The summed E-state index contributed by atoms with van der Waals surface area (Å²) < 4.78 is 11.0. The number of amides is 1. The van der Waals surface area contributed by atoms with Gasteiger partial charge in [-0.25, -0.2) is 0 Å². The molecule has 134 valence electrons. The van der Waals surface area contributed by atoms with E-state index in [4.69, 9.17) is 25.9 Å². The molecule has 3 aromatic rings. The molecule has 1 aliphatic heterocycles. The number of hydrogen-bond acceptors (Lipinski definition) is 6. The van der Waals surface area contributed by atoms with Crippen LogP contribution in [0.3, 0.4) is 0 Å². The third-order valence-electron chi connectivity index (χ3n) is 3.81. The maximum Gasteiger partial charge on any atom is 0.267 e. The molecule has 1 aromatic heterocycles. The second-order valence-electron chi connectivity index (χ2n) is 5.69. The highest BCUT2D eigenvalue weighted by molar-refractivity contribution is 6.31. The minimum Gasteiger partial charge on any atom is -0.486 e. The highest BCUT2D eigenvalue weighted by Crippen LogP contribution is 2.32. The SMILES string of the molecule is C[C@@H](On1nnc2ccc(Cl)cc21)C(=O)Nc1ccc2c(c1)OCCO2. The van der Waals surface area contributed by atoms with E-state index in [-0.39, 0.29) is 5.91 Å². The normalized spacial score (nSPS) is 14.1. The third-order valence-corrected chi connectivity index (χ3v) is 4.05. The molecule has 1 amide bonds. The van der Waals surface area contributed by atoms with Crippen molar-refractivity contribution in [3.8, 4) is 11.5 Å². The predicted octanol–water partition coefficient (Wildman–Crippen LogP) is 2.31. The van der Waals surface area contributed by atoms with Gasteiger partial charge in [-0.2, -0.15) is 0 Å². The summed E-state index contributed by atoms with van der Waals surface area (Å²) in [5, 5.41) is 11.2. The number of nitrogens with one attached hydrogen (secondary N) is 1. The first-order valence-electron chi connectivity index (χ1n) is 7.99. The van der Waals surface area contributed by atoms with Crippen LogP contribution in [0.5, 0.6) is 11.5 Å². The molecule has 0 unspecified atom stereocenters. The van der Waals surface area contributed by atoms with Crippen molar-refractivity contribution in [1.29, 1.82) is 0 Å². The number of carbonyl (C=O) groups is 1. The first-order chi connectivity index (χ1) is 12.6. The molecule has 1 aliphatic rings. The van der Waals surface area contributed by atoms with E-state index in [1.54, 1.807) is 43.3 Å². The molecular formula is C17H15ClN4O4. The lowest BCUT2D eigenvalue weighted by Crippen LogP contribution is -2.35. The van der Waals surface area contributed by atoms with Crippen molar-refractivity contribution in [2.75, 3.05) is 18.5 Å².